The number of hydrogen-bond donors (Lipinski definition) is 1. The van der Waals surface area contributed by atoms with E-state index in [0.717, 1.165) is 63.7 Å². The third kappa shape index (κ3) is 3.42. The van der Waals surface area contributed by atoms with Gasteiger partial charge in [-0.25, -0.2) is 4.79 Å². The number of nitrogens with zero attached hydrogens (tertiary/aromatic N) is 2. The first kappa shape index (κ1) is 15.5. The highest BCUT2D eigenvalue weighted by Gasteiger charge is 2.25. The number of urea groups is 1. The van der Waals surface area contributed by atoms with Crippen molar-refractivity contribution in [2.24, 2.45) is 0 Å². The molecule has 1 N–H and O–H groups in total. The lowest BCUT2D eigenvalue weighted by Gasteiger charge is -2.35. The van der Waals surface area contributed by atoms with E-state index in [9.17, 15) is 4.79 Å². The maximum Gasteiger partial charge on any atom is 0.319 e. The highest BCUT2D eigenvalue weighted by Crippen LogP contribution is 2.32. The highest BCUT2D eigenvalue weighted by molar-refractivity contribution is 5.74. The SMILES string of the molecule is O=C(NC1CCCO1)N1CCN(Cc2ccc3c(c2)OCO3)CC1. The van der Waals surface area contributed by atoms with Crippen LogP contribution in [0.3, 0.4) is 0 Å². The maximum absolute atomic E-state index is 12.2. The van der Waals surface area contributed by atoms with Gasteiger partial charge in [0, 0.05) is 39.3 Å². The van der Waals surface area contributed by atoms with E-state index in [1.54, 1.807) is 0 Å². The molecule has 0 aromatic heterocycles. The van der Waals surface area contributed by atoms with Crippen LogP contribution in [0.15, 0.2) is 18.2 Å². The Balaban J connectivity index is 1.26. The van der Waals surface area contributed by atoms with Crippen molar-refractivity contribution in [3.63, 3.8) is 0 Å². The largest absolute Gasteiger partial charge is 0.454 e. The second-order valence-corrected chi connectivity index (χ2v) is 6.40. The molecule has 24 heavy (non-hydrogen) atoms. The van der Waals surface area contributed by atoms with Crippen LogP contribution in [0.4, 0.5) is 4.79 Å². The summed E-state index contributed by atoms with van der Waals surface area (Å²) in [5.41, 5.74) is 1.21. The van der Waals surface area contributed by atoms with Gasteiger partial charge in [0.15, 0.2) is 11.5 Å². The Bertz CT molecular complexity index is 595. The maximum atomic E-state index is 12.2. The van der Waals surface area contributed by atoms with E-state index in [2.05, 4.69) is 16.3 Å². The lowest BCUT2D eigenvalue weighted by Crippen LogP contribution is -2.53. The van der Waals surface area contributed by atoms with E-state index >= 15 is 0 Å². The third-order valence-electron chi connectivity index (χ3n) is 4.72. The third-order valence-corrected chi connectivity index (χ3v) is 4.72. The molecule has 0 aliphatic carbocycles. The number of carbonyl (C=O) groups is 1. The minimum Gasteiger partial charge on any atom is -0.454 e. The summed E-state index contributed by atoms with van der Waals surface area (Å²) in [5, 5.41) is 2.96. The summed E-state index contributed by atoms with van der Waals surface area (Å²) < 4.78 is 16.2. The van der Waals surface area contributed by atoms with Crippen molar-refractivity contribution in [3.05, 3.63) is 23.8 Å². The predicted octanol–water partition coefficient (Wildman–Crippen LogP) is 1.38. The van der Waals surface area contributed by atoms with Crippen molar-refractivity contribution in [1.82, 2.24) is 15.1 Å². The van der Waals surface area contributed by atoms with E-state index in [1.807, 2.05) is 17.0 Å². The Kier molecular flexibility index (Phi) is 4.44. The van der Waals surface area contributed by atoms with Crippen LogP contribution in [0.1, 0.15) is 18.4 Å². The van der Waals surface area contributed by atoms with Gasteiger partial charge in [-0.2, -0.15) is 0 Å². The Morgan fingerprint density at radius 1 is 1.17 bits per heavy atom. The molecule has 0 spiro atoms. The summed E-state index contributed by atoms with van der Waals surface area (Å²) in [6, 6.07) is 6.07. The quantitative estimate of drug-likeness (QED) is 0.905. The van der Waals surface area contributed by atoms with Gasteiger partial charge in [0.25, 0.3) is 0 Å². The van der Waals surface area contributed by atoms with Crippen molar-refractivity contribution in [3.8, 4) is 11.5 Å². The molecule has 2 saturated heterocycles. The summed E-state index contributed by atoms with van der Waals surface area (Å²) >= 11 is 0. The van der Waals surface area contributed by atoms with Crippen LogP contribution in [0.25, 0.3) is 0 Å². The Labute approximate surface area is 141 Å². The van der Waals surface area contributed by atoms with Crippen LogP contribution in [-0.2, 0) is 11.3 Å². The average Bonchev–Trinajstić information content (AvgIpc) is 3.26. The average molecular weight is 333 g/mol. The van der Waals surface area contributed by atoms with Gasteiger partial charge in [-0.1, -0.05) is 6.07 Å². The van der Waals surface area contributed by atoms with Crippen molar-refractivity contribution < 1.29 is 19.0 Å². The fourth-order valence-electron chi connectivity index (χ4n) is 3.33. The first-order chi connectivity index (χ1) is 11.8. The number of amides is 2. The number of hydrogen-bond acceptors (Lipinski definition) is 5. The van der Waals surface area contributed by atoms with Gasteiger partial charge in [0.1, 0.15) is 6.23 Å². The fourth-order valence-corrected chi connectivity index (χ4v) is 3.33. The lowest BCUT2D eigenvalue weighted by atomic mass is 10.1. The van der Waals surface area contributed by atoms with Gasteiger partial charge in [-0.05, 0) is 30.5 Å². The molecule has 7 heteroatoms. The molecule has 2 fully saturated rings. The molecular formula is C17H23N3O4. The molecule has 0 saturated carbocycles. The van der Waals surface area contributed by atoms with Crippen LogP contribution < -0.4 is 14.8 Å². The first-order valence-corrected chi connectivity index (χ1v) is 8.56. The van der Waals surface area contributed by atoms with E-state index in [-0.39, 0.29) is 12.3 Å². The van der Waals surface area contributed by atoms with Crippen molar-refractivity contribution in [1.29, 1.82) is 0 Å². The monoisotopic (exact) mass is 333 g/mol. The Hall–Kier alpha value is -1.99. The number of fused-ring (bicyclic) bond motifs is 1. The second-order valence-electron chi connectivity index (χ2n) is 6.40. The van der Waals surface area contributed by atoms with Crippen molar-refractivity contribution >= 4 is 6.03 Å². The Morgan fingerprint density at radius 2 is 2.00 bits per heavy atom. The van der Waals surface area contributed by atoms with E-state index in [1.165, 1.54) is 5.56 Å². The molecule has 3 aliphatic rings. The fraction of sp³-hybridized carbons (Fsp3) is 0.588. The van der Waals surface area contributed by atoms with E-state index < -0.39 is 0 Å². The number of nitrogens with one attached hydrogen (secondary N) is 1. The number of piperazine rings is 1. The zero-order chi connectivity index (χ0) is 16.4. The molecule has 3 aliphatic heterocycles. The summed E-state index contributed by atoms with van der Waals surface area (Å²) in [6.07, 6.45) is 1.83. The first-order valence-electron chi connectivity index (χ1n) is 8.56. The van der Waals surface area contributed by atoms with Crippen LogP contribution >= 0.6 is 0 Å². The molecule has 1 aromatic carbocycles. The summed E-state index contributed by atoms with van der Waals surface area (Å²) in [6.45, 7) is 5.12. The van der Waals surface area contributed by atoms with Gasteiger partial charge < -0.3 is 24.4 Å². The van der Waals surface area contributed by atoms with Gasteiger partial charge in [0.2, 0.25) is 6.79 Å². The minimum atomic E-state index is -0.107. The zero-order valence-corrected chi connectivity index (χ0v) is 13.7. The van der Waals surface area contributed by atoms with Crippen molar-refractivity contribution in [2.45, 2.75) is 25.6 Å². The Morgan fingerprint density at radius 3 is 2.79 bits per heavy atom. The van der Waals surface area contributed by atoms with Crippen LogP contribution in [0.2, 0.25) is 0 Å². The number of rotatable bonds is 3. The van der Waals surface area contributed by atoms with Crippen LogP contribution in [0, 0.1) is 0 Å². The lowest BCUT2D eigenvalue weighted by molar-refractivity contribution is 0.0764. The second kappa shape index (κ2) is 6.86. The smallest absolute Gasteiger partial charge is 0.319 e. The van der Waals surface area contributed by atoms with Crippen LogP contribution in [0.5, 0.6) is 11.5 Å². The molecule has 7 nitrogen and oxygen atoms in total. The number of ether oxygens (including phenoxy) is 3. The minimum absolute atomic E-state index is 0.00960. The van der Waals surface area contributed by atoms with Gasteiger partial charge in [0.05, 0.1) is 0 Å². The standard InChI is InChI=1S/C17H23N3O4/c21-17(18-16-2-1-9-22-16)20-7-5-19(6-8-20)11-13-3-4-14-15(10-13)24-12-23-14/h3-4,10,16H,1-2,5-9,11-12H2,(H,18,21). The van der Waals surface area contributed by atoms with Crippen LogP contribution in [-0.4, -0.2) is 61.6 Å². The number of carbonyl (C=O) groups excluding carboxylic acids is 1. The summed E-state index contributed by atoms with van der Waals surface area (Å²) in [4.78, 5) is 16.5. The molecule has 0 radical (unpaired) electrons. The molecule has 4 rings (SSSR count). The van der Waals surface area contributed by atoms with E-state index in [4.69, 9.17) is 14.2 Å². The molecule has 1 aromatic rings. The summed E-state index contributed by atoms with van der Waals surface area (Å²) in [7, 11) is 0. The molecule has 3 heterocycles. The van der Waals surface area contributed by atoms with Crippen molar-refractivity contribution in [2.75, 3.05) is 39.6 Å². The van der Waals surface area contributed by atoms with Gasteiger partial charge in [-0.15, -0.1) is 0 Å². The topological polar surface area (TPSA) is 63.3 Å². The molecule has 1 atom stereocenters. The van der Waals surface area contributed by atoms with E-state index in [0.29, 0.717) is 6.79 Å². The summed E-state index contributed by atoms with van der Waals surface area (Å²) in [5.74, 6) is 1.64. The molecular weight excluding hydrogens is 310 g/mol. The molecule has 1 unspecified atom stereocenters. The van der Waals surface area contributed by atoms with Gasteiger partial charge in [-0.3, -0.25) is 4.90 Å². The van der Waals surface area contributed by atoms with Gasteiger partial charge >= 0.3 is 6.03 Å². The highest BCUT2D eigenvalue weighted by atomic mass is 16.7. The zero-order valence-electron chi connectivity index (χ0n) is 13.7. The molecule has 2 amide bonds. The predicted molar refractivity (Wildman–Crippen MR) is 86.9 cm³/mol. The normalized spacial score (nSPS) is 23.5. The molecule has 0 bridgehead atoms. The molecule has 130 valence electrons. The number of benzene rings is 1.